The molecule has 3 atom stereocenters. The highest BCUT2D eigenvalue weighted by Crippen LogP contribution is 2.46. The number of hydrogen-bond donors (Lipinski definition) is 1. The van der Waals surface area contributed by atoms with Crippen molar-refractivity contribution in [1.29, 1.82) is 0 Å². The lowest BCUT2D eigenvalue weighted by molar-refractivity contribution is -0.163. The largest absolute Gasteiger partial charge is 0.465 e. The molecule has 6 rings (SSSR count). The predicted molar refractivity (Wildman–Crippen MR) is 177 cm³/mol. The van der Waals surface area contributed by atoms with E-state index in [1.165, 1.54) is 4.90 Å². The molecule has 45 heavy (non-hydrogen) atoms. The second-order valence-electron chi connectivity index (χ2n) is 13.7. The number of piperazine rings is 1. The van der Waals surface area contributed by atoms with Crippen molar-refractivity contribution in [2.24, 2.45) is 5.41 Å². The summed E-state index contributed by atoms with van der Waals surface area (Å²) >= 11 is 10.1. The monoisotopic (exact) mass is 696 g/mol. The van der Waals surface area contributed by atoms with Gasteiger partial charge in [0.05, 0.1) is 18.1 Å². The zero-order valence-corrected chi connectivity index (χ0v) is 28.6. The Morgan fingerprint density at radius 3 is 2.64 bits per heavy atom. The van der Waals surface area contributed by atoms with Gasteiger partial charge in [0, 0.05) is 66.9 Å². The van der Waals surface area contributed by atoms with Crippen LogP contribution in [-0.4, -0.2) is 84.1 Å². The first kappa shape index (κ1) is 32.0. The van der Waals surface area contributed by atoms with Crippen LogP contribution in [0.3, 0.4) is 0 Å². The van der Waals surface area contributed by atoms with Crippen LogP contribution in [0.15, 0.2) is 53.7 Å². The van der Waals surface area contributed by atoms with E-state index in [2.05, 4.69) is 37.9 Å². The van der Waals surface area contributed by atoms with E-state index in [9.17, 15) is 9.90 Å². The number of amides is 2. The molecule has 1 aliphatic carbocycles. The number of rotatable bonds is 5. The number of carbonyl (C=O) groups excluding carboxylic acids is 1. The van der Waals surface area contributed by atoms with E-state index in [0.717, 1.165) is 71.9 Å². The molecule has 240 valence electrons. The minimum atomic E-state index is -1.31. The first-order chi connectivity index (χ1) is 21.5. The zero-order chi connectivity index (χ0) is 31.9. The van der Waals surface area contributed by atoms with E-state index in [1.807, 2.05) is 54.8 Å². The smallest absolute Gasteiger partial charge is 0.408 e. The van der Waals surface area contributed by atoms with Gasteiger partial charge in [0.15, 0.2) is 0 Å². The third-order valence-corrected chi connectivity index (χ3v) is 10.8. The van der Waals surface area contributed by atoms with Crippen LogP contribution in [0.1, 0.15) is 74.9 Å². The fourth-order valence-corrected chi connectivity index (χ4v) is 8.38. The first-order valence-corrected chi connectivity index (χ1v) is 17.1. The molecule has 3 aromatic rings. The second kappa shape index (κ2) is 12.7. The van der Waals surface area contributed by atoms with Crippen LogP contribution in [0.25, 0.3) is 0 Å². The zero-order valence-electron chi connectivity index (χ0n) is 26.3. The quantitative estimate of drug-likeness (QED) is 0.330. The van der Waals surface area contributed by atoms with Crippen LogP contribution in [-0.2, 0) is 24.2 Å². The number of benzene rings is 1. The van der Waals surface area contributed by atoms with Crippen LogP contribution >= 0.6 is 27.5 Å². The Bertz CT molecular complexity index is 1510. The maximum Gasteiger partial charge on any atom is 0.408 e. The van der Waals surface area contributed by atoms with Crippen molar-refractivity contribution in [1.82, 2.24) is 29.2 Å². The number of fused-ring (bicyclic) bond motifs is 2. The Morgan fingerprint density at radius 2 is 1.91 bits per heavy atom. The lowest BCUT2D eigenvalue weighted by atomic mass is 9.69. The molecule has 2 amide bonds. The SMILES string of the molecule is CC(C)(C)[C@]1(C(=O)N2CCCCC2CCn2ccnc2)CN([C@H]2c3ccc(Cl)cc3CCc3cc(Br)cnc32)CCN1C(=O)O. The average Bonchev–Trinajstić information content (AvgIpc) is 3.48. The molecule has 0 bridgehead atoms. The summed E-state index contributed by atoms with van der Waals surface area (Å²) in [4.78, 5) is 43.2. The molecule has 2 fully saturated rings. The maximum absolute atomic E-state index is 15.2. The van der Waals surface area contributed by atoms with Crippen molar-refractivity contribution in [3.63, 3.8) is 0 Å². The van der Waals surface area contributed by atoms with Crippen molar-refractivity contribution in [2.45, 2.75) is 83.5 Å². The van der Waals surface area contributed by atoms with Gasteiger partial charge in [-0.05, 0) is 94.8 Å². The van der Waals surface area contributed by atoms with E-state index in [0.29, 0.717) is 18.1 Å². The number of pyridine rings is 1. The topological polar surface area (TPSA) is 94.8 Å². The molecule has 1 unspecified atom stereocenters. The van der Waals surface area contributed by atoms with Crippen LogP contribution in [0, 0.1) is 5.41 Å². The van der Waals surface area contributed by atoms with E-state index < -0.39 is 17.0 Å². The molecule has 1 aromatic carbocycles. The van der Waals surface area contributed by atoms with Gasteiger partial charge in [0.2, 0.25) is 0 Å². The predicted octanol–water partition coefficient (Wildman–Crippen LogP) is 6.43. The third kappa shape index (κ3) is 6.01. The average molecular weight is 698 g/mol. The van der Waals surface area contributed by atoms with Crippen LogP contribution in [0.5, 0.6) is 0 Å². The molecular weight excluding hydrogens is 656 g/mol. The molecule has 2 aliphatic heterocycles. The molecular formula is C34H42BrClN6O3. The van der Waals surface area contributed by atoms with Gasteiger partial charge in [0.1, 0.15) is 5.54 Å². The summed E-state index contributed by atoms with van der Waals surface area (Å²) in [6.45, 7) is 8.38. The molecule has 11 heteroatoms. The molecule has 1 N–H and O–H groups in total. The lowest BCUT2D eigenvalue weighted by Crippen LogP contribution is -2.76. The molecule has 0 saturated carbocycles. The van der Waals surface area contributed by atoms with Crippen molar-refractivity contribution in [3.8, 4) is 0 Å². The summed E-state index contributed by atoms with van der Waals surface area (Å²) < 4.78 is 2.96. The summed E-state index contributed by atoms with van der Waals surface area (Å²) in [6, 6.07) is 7.97. The minimum Gasteiger partial charge on any atom is -0.465 e. The lowest BCUT2D eigenvalue weighted by Gasteiger charge is -2.58. The molecule has 0 spiro atoms. The van der Waals surface area contributed by atoms with E-state index in [-0.39, 0.29) is 31.1 Å². The summed E-state index contributed by atoms with van der Waals surface area (Å²) in [5.41, 5.74) is 2.36. The highest BCUT2D eigenvalue weighted by molar-refractivity contribution is 9.10. The number of likely N-dealkylation sites (tertiary alicyclic amines) is 1. The van der Waals surface area contributed by atoms with Crippen molar-refractivity contribution in [2.75, 3.05) is 26.2 Å². The fraction of sp³-hybridized carbons (Fsp3) is 0.529. The molecule has 4 heterocycles. The summed E-state index contributed by atoms with van der Waals surface area (Å²) in [5, 5.41) is 11.4. The van der Waals surface area contributed by atoms with Gasteiger partial charge in [-0.1, -0.05) is 38.4 Å². The summed E-state index contributed by atoms with van der Waals surface area (Å²) in [5.74, 6) is -0.0913. The minimum absolute atomic E-state index is 0.0272. The van der Waals surface area contributed by atoms with Gasteiger partial charge in [-0.25, -0.2) is 9.78 Å². The summed E-state index contributed by atoms with van der Waals surface area (Å²) in [7, 11) is 0. The molecule has 2 saturated heterocycles. The fourth-order valence-electron chi connectivity index (χ4n) is 7.81. The van der Waals surface area contributed by atoms with E-state index in [1.54, 1.807) is 12.5 Å². The Balaban J connectivity index is 1.43. The van der Waals surface area contributed by atoms with Crippen molar-refractivity contribution < 1.29 is 14.7 Å². The van der Waals surface area contributed by atoms with Crippen LogP contribution < -0.4 is 0 Å². The van der Waals surface area contributed by atoms with Gasteiger partial charge in [-0.15, -0.1) is 0 Å². The highest BCUT2D eigenvalue weighted by atomic mass is 79.9. The van der Waals surface area contributed by atoms with Crippen LogP contribution in [0.2, 0.25) is 5.02 Å². The highest BCUT2D eigenvalue weighted by Gasteiger charge is 2.60. The van der Waals surface area contributed by atoms with Gasteiger partial charge in [-0.2, -0.15) is 0 Å². The Labute approximate surface area is 278 Å². The van der Waals surface area contributed by atoms with Crippen molar-refractivity contribution >= 4 is 39.5 Å². The number of carbonyl (C=O) groups is 2. The molecule has 0 radical (unpaired) electrons. The van der Waals surface area contributed by atoms with E-state index in [4.69, 9.17) is 16.6 Å². The number of imidazole rings is 1. The summed E-state index contributed by atoms with van der Waals surface area (Å²) in [6.07, 6.45) is 11.6. The number of aromatic nitrogens is 3. The van der Waals surface area contributed by atoms with Gasteiger partial charge < -0.3 is 14.6 Å². The first-order valence-electron chi connectivity index (χ1n) is 15.9. The number of piperidine rings is 1. The Hall–Kier alpha value is -2.95. The van der Waals surface area contributed by atoms with Gasteiger partial charge >= 0.3 is 6.09 Å². The molecule has 2 aromatic heterocycles. The number of hydrogen-bond acceptors (Lipinski definition) is 5. The number of nitrogens with zero attached hydrogens (tertiary/aromatic N) is 6. The maximum atomic E-state index is 15.2. The van der Waals surface area contributed by atoms with E-state index >= 15 is 4.79 Å². The Kier molecular flexibility index (Phi) is 9.02. The standard InChI is InChI=1S/C34H42BrClN6O3/c1-33(2,3)34(31(43)41-13-5-4-6-27(41)11-14-39-15-12-37-22-39)21-40(16-17-42(34)32(44)45)30-28-10-9-26(36)19-23(28)7-8-24-18-25(35)20-38-29(24)30/h9-10,12,15,18-20,22,27,30H,4-8,11,13-14,16-17,21H2,1-3H3,(H,44,45)/t27?,30-,34+/m0/s1. The number of aryl methyl sites for hydroxylation is 3. The van der Waals surface area contributed by atoms with Gasteiger partial charge in [0.25, 0.3) is 5.91 Å². The third-order valence-electron chi connectivity index (χ3n) is 10.2. The molecule has 3 aliphatic rings. The van der Waals surface area contributed by atoms with Crippen molar-refractivity contribution in [3.05, 3.63) is 81.1 Å². The Morgan fingerprint density at radius 1 is 1.11 bits per heavy atom. The second-order valence-corrected chi connectivity index (χ2v) is 15.0. The van der Waals surface area contributed by atoms with Gasteiger partial charge in [-0.3, -0.25) is 19.6 Å². The van der Waals surface area contributed by atoms with Crippen LogP contribution in [0.4, 0.5) is 4.79 Å². The number of carboxylic acid groups (broad SMARTS) is 1. The number of halogens is 2. The molecule has 9 nitrogen and oxygen atoms in total. The normalized spacial score (nSPS) is 24.1.